The van der Waals surface area contributed by atoms with E-state index in [4.69, 9.17) is 18.8 Å². The topological polar surface area (TPSA) is 50.0 Å². The van der Waals surface area contributed by atoms with Gasteiger partial charge in [-0.15, -0.1) is 0 Å². The Kier molecular flexibility index (Phi) is 2.42. The molecule has 0 saturated carbocycles. The van der Waals surface area contributed by atoms with Crippen molar-refractivity contribution in [2.24, 2.45) is 0 Å². The van der Waals surface area contributed by atoms with Crippen LogP contribution < -0.4 is 5.32 Å². The average Bonchev–Trinajstić information content (AvgIpc) is 2.49. The van der Waals surface area contributed by atoms with Gasteiger partial charge in [-0.25, -0.2) is 9.83 Å². The Bertz CT molecular complexity index is 675. The molecule has 3 heterocycles. The summed E-state index contributed by atoms with van der Waals surface area (Å²) in [5.74, 6) is 0. The summed E-state index contributed by atoms with van der Waals surface area (Å²) in [5, 5.41) is 3.33. The molecule has 2 aromatic rings. The summed E-state index contributed by atoms with van der Waals surface area (Å²) in [7, 11) is 0. The fourth-order valence-electron chi connectivity index (χ4n) is 2.37. The van der Waals surface area contributed by atoms with E-state index in [0.29, 0.717) is 10.3 Å². The molecule has 3 rings (SSSR count). The minimum absolute atomic E-state index is 0.566. The van der Waals surface area contributed by atoms with Crippen molar-refractivity contribution in [1.82, 2.24) is 19.9 Å². The van der Waals surface area contributed by atoms with Gasteiger partial charge in [0, 0.05) is 18.8 Å². The highest BCUT2D eigenvalue weighted by molar-refractivity contribution is 7.71. The number of hydrogen-bond donors (Lipinski definition) is 2. The number of nitrogens with one attached hydrogen (secondary N) is 2. The summed E-state index contributed by atoms with van der Waals surface area (Å²) >= 11 is 5.27. The molecule has 0 saturated heterocycles. The molecule has 2 aromatic heterocycles. The number of rotatable bonds is 0. The summed E-state index contributed by atoms with van der Waals surface area (Å²) < 4.78 is 2.70. The molecule has 0 bridgehead atoms. The van der Waals surface area contributed by atoms with Gasteiger partial charge in [0.1, 0.15) is 0 Å². The molecule has 0 radical (unpaired) electrons. The second kappa shape index (κ2) is 3.95. The summed E-state index contributed by atoms with van der Waals surface area (Å²) in [5.41, 5.74) is 3.48. The van der Waals surface area contributed by atoms with Gasteiger partial charge in [0.25, 0.3) is 0 Å². The lowest BCUT2D eigenvalue weighted by Crippen LogP contribution is -2.17. The van der Waals surface area contributed by atoms with Gasteiger partial charge in [0.15, 0.2) is 4.64 Å². The van der Waals surface area contributed by atoms with Crippen LogP contribution in [0.1, 0.15) is 5.69 Å². The summed E-state index contributed by atoms with van der Waals surface area (Å²) in [4.78, 5) is 10.8. The van der Waals surface area contributed by atoms with E-state index in [2.05, 4.69) is 24.7 Å². The normalized spacial score (nSPS) is 15.2. The zero-order valence-corrected chi connectivity index (χ0v) is 9.97. The standard InChI is InChI=1S/C11H11N5S/c1-12-8-7-2-3-13-4-5-16(7)10-9(8)14-6-15-11(10)17/h6,13H,2-5H2,(H,14,15,17). The van der Waals surface area contributed by atoms with E-state index in [-0.39, 0.29) is 0 Å². The lowest BCUT2D eigenvalue weighted by atomic mass is 10.2. The zero-order valence-electron chi connectivity index (χ0n) is 9.16. The van der Waals surface area contributed by atoms with Gasteiger partial charge in [-0.2, -0.15) is 0 Å². The SMILES string of the molecule is [C-]#[N+]c1c2n(c3c(=S)nc[nH]c13)CCNCC2. The highest BCUT2D eigenvalue weighted by Crippen LogP contribution is 2.32. The molecule has 1 aliphatic rings. The third kappa shape index (κ3) is 1.47. The van der Waals surface area contributed by atoms with Crippen molar-refractivity contribution in [3.63, 3.8) is 0 Å². The molecule has 5 nitrogen and oxygen atoms in total. The van der Waals surface area contributed by atoms with E-state index in [1.807, 2.05) is 0 Å². The van der Waals surface area contributed by atoms with Gasteiger partial charge in [-0.05, 0) is 13.0 Å². The van der Waals surface area contributed by atoms with Crippen molar-refractivity contribution in [2.75, 3.05) is 13.1 Å². The van der Waals surface area contributed by atoms with Gasteiger partial charge in [-0.1, -0.05) is 12.2 Å². The number of H-pyrrole nitrogens is 1. The van der Waals surface area contributed by atoms with Gasteiger partial charge >= 0.3 is 0 Å². The molecule has 86 valence electrons. The number of aromatic nitrogens is 3. The third-order valence-electron chi connectivity index (χ3n) is 3.10. The van der Waals surface area contributed by atoms with Crippen LogP contribution in [-0.4, -0.2) is 27.6 Å². The van der Waals surface area contributed by atoms with Crippen LogP contribution in [0.5, 0.6) is 0 Å². The molecular formula is C11H11N5S. The van der Waals surface area contributed by atoms with Gasteiger partial charge < -0.3 is 14.9 Å². The molecule has 0 fully saturated rings. The molecule has 17 heavy (non-hydrogen) atoms. The van der Waals surface area contributed by atoms with Crippen molar-refractivity contribution in [2.45, 2.75) is 13.0 Å². The monoisotopic (exact) mass is 245 g/mol. The fourth-order valence-corrected chi connectivity index (χ4v) is 2.64. The molecule has 0 unspecified atom stereocenters. The third-order valence-corrected chi connectivity index (χ3v) is 3.40. The van der Waals surface area contributed by atoms with Gasteiger partial charge in [-0.3, -0.25) is 0 Å². The van der Waals surface area contributed by atoms with E-state index in [9.17, 15) is 0 Å². The molecule has 0 amide bonds. The Balaban J connectivity index is 2.46. The van der Waals surface area contributed by atoms with Gasteiger partial charge in [0.2, 0.25) is 5.69 Å². The zero-order chi connectivity index (χ0) is 11.8. The maximum absolute atomic E-state index is 7.34. The number of nitrogens with zero attached hydrogens (tertiary/aromatic N) is 3. The largest absolute Gasteiger partial charge is 0.354 e. The Morgan fingerprint density at radius 1 is 1.47 bits per heavy atom. The van der Waals surface area contributed by atoms with E-state index in [1.165, 1.54) is 0 Å². The Hall–Kier alpha value is -1.71. The lowest BCUT2D eigenvalue weighted by Gasteiger charge is -2.05. The predicted molar refractivity (Wildman–Crippen MR) is 67.8 cm³/mol. The van der Waals surface area contributed by atoms with E-state index < -0.39 is 0 Å². The minimum Gasteiger partial charge on any atom is -0.354 e. The second-order valence-electron chi connectivity index (χ2n) is 3.99. The van der Waals surface area contributed by atoms with Crippen molar-refractivity contribution in [3.8, 4) is 0 Å². The smallest absolute Gasteiger partial charge is 0.231 e. The average molecular weight is 245 g/mol. The van der Waals surface area contributed by atoms with Crippen LogP contribution in [0.2, 0.25) is 0 Å². The molecule has 1 aliphatic heterocycles. The first-order chi connectivity index (χ1) is 8.33. The van der Waals surface area contributed by atoms with Gasteiger partial charge in [0.05, 0.1) is 23.9 Å². The molecular weight excluding hydrogens is 234 g/mol. The van der Waals surface area contributed by atoms with Crippen molar-refractivity contribution >= 4 is 28.9 Å². The molecule has 0 atom stereocenters. The Morgan fingerprint density at radius 3 is 3.18 bits per heavy atom. The molecule has 2 N–H and O–H groups in total. The van der Waals surface area contributed by atoms with Crippen LogP contribution in [0, 0.1) is 11.2 Å². The minimum atomic E-state index is 0.566. The van der Waals surface area contributed by atoms with Crippen LogP contribution in [0.15, 0.2) is 6.33 Å². The molecule has 0 aromatic carbocycles. The second-order valence-corrected chi connectivity index (χ2v) is 4.38. The highest BCUT2D eigenvalue weighted by atomic mass is 32.1. The van der Waals surface area contributed by atoms with Crippen LogP contribution in [0.3, 0.4) is 0 Å². The van der Waals surface area contributed by atoms with Crippen molar-refractivity contribution < 1.29 is 0 Å². The quantitative estimate of drug-likeness (QED) is 0.549. The molecule has 6 heteroatoms. The number of fused-ring (bicyclic) bond motifs is 3. The van der Waals surface area contributed by atoms with Crippen LogP contribution in [0.25, 0.3) is 15.9 Å². The summed E-state index contributed by atoms with van der Waals surface area (Å²) in [6, 6.07) is 0. The summed E-state index contributed by atoms with van der Waals surface area (Å²) in [6.07, 6.45) is 2.42. The van der Waals surface area contributed by atoms with Crippen LogP contribution in [-0.2, 0) is 13.0 Å². The van der Waals surface area contributed by atoms with E-state index >= 15 is 0 Å². The van der Waals surface area contributed by atoms with Crippen molar-refractivity contribution in [3.05, 3.63) is 28.1 Å². The van der Waals surface area contributed by atoms with E-state index in [0.717, 1.165) is 42.8 Å². The maximum Gasteiger partial charge on any atom is 0.231 e. The predicted octanol–water partition coefficient (Wildman–Crippen LogP) is 1.79. The van der Waals surface area contributed by atoms with E-state index in [1.54, 1.807) is 6.33 Å². The lowest BCUT2D eigenvalue weighted by molar-refractivity contribution is 0.657. The Labute approximate surface area is 103 Å². The molecule has 0 spiro atoms. The highest BCUT2D eigenvalue weighted by Gasteiger charge is 2.20. The Morgan fingerprint density at radius 2 is 2.35 bits per heavy atom. The molecule has 0 aliphatic carbocycles. The first-order valence-electron chi connectivity index (χ1n) is 5.50. The first-order valence-corrected chi connectivity index (χ1v) is 5.90. The van der Waals surface area contributed by atoms with Crippen molar-refractivity contribution in [1.29, 1.82) is 0 Å². The summed E-state index contributed by atoms with van der Waals surface area (Å²) in [6.45, 7) is 9.98. The first kappa shape index (κ1) is 10.4. The number of hydrogen-bond acceptors (Lipinski definition) is 3. The number of aromatic amines is 1. The van der Waals surface area contributed by atoms with Crippen LogP contribution in [0.4, 0.5) is 5.69 Å². The fraction of sp³-hybridized carbons (Fsp3) is 0.364. The van der Waals surface area contributed by atoms with Crippen LogP contribution >= 0.6 is 12.2 Å². The maximum atomic E-state index is 7.34.